The van der Waals surface area contributed by atoms with Crippen LogP contribution in [0.5, 0.6) is 0 Å². The summed E-state index contributed by atoms with van der Waals surface area (Å²) in [6, 6.07) is 7.85. The molecule has 0 aromatic carbocycles. The summed E-state index contributed by atoms with van der Waals surface area (Å²) >= 11 is 1.69. The minimum Gasteiger partial charge on any atom is -0.387 e. The highest BCUT2D eigenvalue weighted by Crippen LogP contribution is 2.18. The van der Waals surface area contributed by atoms with Crippen molar-refractivity contribution in [3.63, 3.8) is 0 Å². The lowest BCUT2D eigenvalue weighted by molar-refractivity contribution is 0.163. The third-order valence-electron chi connectivity index (χ3n) is 2.54. The molecule has 0 radical (unpaired) electrons. The fraction of sp³-hybridized carbons (Fsp3) is 0.308. The van der Waals surface area contributed by atoms with E-state index in [1.54, 1.807) is 11.3 Å². The van der Waals surface area contributed by atoms with E-state index in [2.05, 4.69) is 21.8 Å². The molecule has 0 spiro atoms. The van der Waals surface area contributed by atoms with Crippen LogP contribution in [0.3, 0.4) is 0 Å². The zero-order valence-corrected chi connectivity index (χ0v) is 10.1. The van der Waals surface area contributed by atoms with E-state index in [9.17, 15) is 5.11 Å². The van der Waals surface area contributed by atoms with Crippen LogP contribution in [0, 0.1) is 6.92 Å². The van der Waals surface area contributed by atoms with Crippen LogP contribution in [-0.2, 0) is 6.42 Å². The molecule has 2 rings (SSSR count). The van der Waals surface area contributed by atoms with Gasteiger partial charge in [0.25, 0.3) is 0 Å². The van der Waals surface area contributed by atoms with E-state index >= 15 is 0 Å². The van der Waals surface area contributed by atoms with Gasteiger partial charge in [-0.05, 0) is 54.3 Å². The molecule has 3 heteroatoms. The molecule has 2 nitrogen and oxygen atoms in total. The van der Waals surface area contributed by atoms with E-state index in [-0.39, 0.29) is 0 Å². The molecule has 0 aliphatic heterocycles. The Labute approximate surface area is 99.6 Å². The van der Waals surface area contributed by atoms with E-state index in [4.69, 9.17) is 0 Å². The van der Waals surface area contributed by atoms with E-state index in [0.717, 1.165) is 24.2 Å². The summed E-state index contributed by atoms with van der Waals surface area (Å²) < 4.78 is 0. The number of hydrogen-bond donors (Lipinski definition) is 1. The van der Waals surface area contributed by atoms with Gasteiger partial charge in [0.05, 0.1) is 11.8 Å². The van der Waals surface area contributed by atoms with Crippen LogP contribution in [0.4, 0.5) is 0 Å². The molecule has 2 aromatic heterocycles. The summed E-state index contributed by atoms with van der Waals surface area (Å²) in [6.07, 6.45) is 1.17. The number of aromatic nitrogens is 1. The maximum atomic E-state index is 9.98. The van der Waals surface area contributed by atoms with Crippen molar-refractivity contribution in [2.75, 3.05) is 0 Å². The van der Waals surface area contributed by atoms with Gasteiger partial charge in [-0.25, -0.2) is 0 Å². The summed E-state index contributed by atoms with van der Waals surface area (Å²) in [5, 5.41) is 14.2. The van der Waals surface area contributed by atoms with Crippen LogP contribution in [0.2, 0.25) is 0 Å². The average molecular weight is 233 g/mol. The van der Waals surface area contributed by atoms with Crippen LogP contribution in [0.1, 0.15) is 29.5 Å². The van der Waals surface area contributed by atoms with Gasteiger partial charge in [0.1, 0.15) is 0 Å². The van der Waals surface area contributed by atoms with Crippen LogP contribution < -0.4 is 0 Å². The quantitative estimate of drug-likeness (QED) is 0.880. The molecule has 16 heavy (non-hydrogen) atoms. The SMILES string of the molecule is Cc1cccc(C(O)CCc2ccsc2)n1. The first kappa shape index (κ1) is 11.3. The van der Waals surface area contributed by atoms with Gasteiger partial charge < -0.3 is 5.11 Å². The number of pyridine rings is 1. The molecule has 1 unspecified atom stereocenters. The minimum atomic E-state index is -0.459. The lowest BCUT2D eigenvalue weighted by atomic mass is 10.1. The highest BCUT2D eigenvalue weighted by Gasteiger charge is 2.09. The Bertz CT molecular complexity index is 439. The Hall–Kier alpha value is -1.19. The van der Waals surface area contributed by atoms with Gasteiger partial charge in [-0.1, -0.05) is 6.07 Å². The van der Waals surface area contributed by atoms with Crippen LogP contribution in [0.25, 0.3) is 0 Å². The lowest BCUT2D eigenvalue weighted by Crippen LogP contribution is -2.02. The second-order valence-electron chi connectivity index (χ2n) is 3.89. The number of aliphatic hydroxyl groups excluding tert-OH is 1. The zero-order valence-electron chi connectivity index (χ0n) is 9.26. The van der Waals surface area contributed by atoms with Crippen LogP contribution >= 0.6 is 11.3 Å². The van der Waals surface area contributed by atoms with Gasteiger partial charge in [-0.2, -0.15) is 11.3 Å². The summed E-state index contributed by atoms with van der Waals surface area (Å²) in [6.45, 7) is 1.94. The van der Waals surface area contributed by atoms with Gasteiger partial charge >= 0.3 is 0 Å². The smallest absolute Gasteiger partial charge is 0.0963 e. The summed E-state index contributed by atoms with van der Waals surface area (Å²) in [5.74, 6) is 0. The maximum absolute atomic E-state index is 9.98. The molecule has 0 bridgehead atoms. The van der Waals surface area contributed by atoms with Gasteiger partial charge in [-0.3, -0.25) is 4.98 Å². The van der Waals surface area contributed by atoms with Gasteiger partial charge in [0.2, 0.25) is 0 Å². The fourth-order valence-electron chi connectivity index (χ4n) is 1.64. The largest absolute Gasteiger partial charge is 0.387 e. The van der Waals surface area contributed by atoms with Crippen molar-refractivity contribution < 1.29 is 5.11 Å². The predicted octanol–water partition coefficient (Wildman–Crippen LogP) is 3.12. The van der Waals surface area contributed by atoms with Crippen LogP contribution in [0.15, 0.2) is 35.0 Å². The number of nitrogens with zero attached hydrogens (tertiary/aromatic N) is 1. The highest BCUT2D eigenvalue weighted by atomic mass is 32.1. The first-order chi connectivity index (χ1) is 7.75. The molecule has 1 atom stereocenters. The second kappa shape index (κ2) is 5.23. The van der Waals surface area contributed by atoms with Crippen molar-refractivity contribution in [2.24, 2.45) is 0 Å². The normalized spacial score (nSPS) is 12.6. The number of aryl methyl sites for hydroxylation is 2. The molecule has 1 N–H and O–H groups in total. The molecule has 0 fully saturated rings. The van der Waals surface area contributed by atoms with Gasteiger partial charge in [0.15, 0.2) is 0 Å². The fourth-order valence-corrected chi connectivity index (χ4v) is 2.34. The molecule has 0 saturated carbocycles. The molecule has 0 saturated heterocycles. The second-order valence-corrected chi connectivity index (χ2v) is 4.67. The number of aliphatic hydroxyl groups is 1. The van der Waals surface area contributed by atoms with Crippen molar-refractivity contribution in [3.8, 4) is 0 Å². The van der Waals surface area contributed by atoms with Gasteiger partial charge in [0, 0.05) is 5.69 Å². The molecular weight excluding hydrogens is 218 g/mol. The van der Waals surface area contributed by atoms with E-state index in [0.29, 0.717) is 0 Å². The number of rotatable bonds is 4. The first-order valence-electron chi connectivity index (χ1n) is 5.38. The molecule has 2 heterocycles. The number of hydrogen-bond acceptors (Lipinski definition) is 3. The molecule has 0 aliphatic rings. The van der Waals surface area contributed by atoms with Crippen molar-refractivity contribution in [1.82, 2.24) is 4.98 Å². The van der Waals surface area contributed by atoms with Crippen molar-refractivity contribution >= 4 is 11.3 Å². The van der Waals surface area contributed by atoms with E-state index in [1.807, 2.05) is 25.1 Å². The topological polar surface area (TPSA) is 33.1 Å². The number of thiophene rings is 1. The third kappa shape index (κ3) is 2.90. The van der Waals surface area contributed by atoms with Crippen LogP contribution in [-0.4, -0.2) is 10.1 Å². The van der Waals surface area contributed by atoms with E-state index in [1.165, 1.54) is 5.56 Å². The summed E-state index contributed by atoms with van der Waals surface area (Å²) in [5.41, 5.74) is 3.01. The minimum absolute atomic E-state index is 0.459. The standard InChI is InChI=1S/C13H15NOS/c1-10-3-2-4-12(14-10)13(15)6-5-11-7-8-16-9-11/h2-4,7-9,13,15H,5-6H2,1H3. The van der Waals surface area contributed by atoms with Gasteiger partial charge in [-0.15, -0.1) is 0 Å². The highest BCUT2D eigenvalue weighted by molar-refractivity contribution is 7.07. The Morgan fingerprint density at radius 2 is 2.25 bits per heavy atom. The molecule has 84 valence electrons. The van der Waals surface area contributed by atoms with Crippen molar-refractivity contribution in [2.45, 2.75) is 25.9 Å². The molecule has 2 aromatic rings. The Morgan fingerprint density at radius 1 is 1.38 bits per heavy atom. The average Bonchev–Trinajstić information content (AvgIpc) is 2.78. The Balaban J connectivity index is 1.95. The lowest BCUT2D eigenvalue weighted by Gasteiger charge is -2.09. The molecular formula is C13H15NOS. The maximum Gasteiger partial charge on any atom is 0.0963 e. The third-order valence-corrected chi connectivity index (χ3v) is 3.27. The zero-order chi connectivity index (χ0) is 11.4. The predicted molar refractivity (Wildman–Crippen MR) is 66.6 cm³/mol. The Kier molecular flexibility index (Phi) is 3.70. The first-order valence-corrected chi connectivity index (χ1v) is 6.32. The molecule has 0 aliphatic carbocycles. The summed E-state index contributed by atoms with van der Waals surface area (Å²) in [4.78, 5) is 4.33. The van der Waals surface area contributed by atoms with Crippen molar-refractivity contribution in [1.29, 1.82) is 0 Å². The molecule has 0 amide bonds. The summed E-state index contributed by atoms with van der Waals surface area (Å²) in [7, 11) is 0. The Morgan fingerprint density at radius 3 is 2.94 bits per heavy atom. The van der Waals surface area contributed by atoms with E-state index < -0.39 is 6.10 Å². The monoisotopic (exact) mass is 233 g/mol. The van der Waals surface area contributed by atoms with Crippen molar-refractivity contribution in [3.05, 3.63) is 52.0 Å².